The molecule has 1 saturated heterocycles. The molecule has 0 saturated carbocycles. The van der Waals surface area contributed by atoms with Crippen molar-refractivity contribution in [3.63, 3.8) is 0 Å². The van der Waals surface area contributed by atoms with Crippen molar-refractivity contribution in [3.8, 4) is 0 Å². The third-order valence-corrected chi connectivity index (χ3v) is 4.98. The molecule has 1 aliphatic rings. The van der Waals surface area contributed by atoms with E-state index in [0.717, 1.165) is 25.6 Å². The van der Waals surface area contributed by atoms with Gasteiger partial charge in [0.2, 0.25) is 0 Å². The summed E-state index contributed by atoms with van der Waals surface area (Å²) >= 11 is 0. The Labute approximate surface area is 119 Å². The van der Waals surface area contributed by atoms with Gasteiger partial charge >= 0.3 is 0 Å². The summed E-state index contributed by atoms with van der Waals surface area (Å²) in [7, 11) is 4.03. The summed E-state index contributed by atoms with van der Waals surface area (Å²) in [6.07, 6.45) is 0. The highest BCUT2D eigenvalue weighted by Crippen LogP contribution is 2.46. The molecule has 0 aromatic rings. The number of nitrogens with one attached hydrogen (secondary N) is 1. The van der Waals surface area contributed by atoms with Gasteiger partial charge in [-0.2, -0.15) is 0 Å². The topological polar surface area (TPSA) is 30.9 Å². The summed E-state index contributed by atoms with van der Waals surface area (Å²) in [6, 6.07) is 0.586. The van der Waals surface area contributed by atoms with Crippen molar-refractivity contribution >= 4 is 5.96 Å². The normalized spacial score (nSPS) is 21.8. The second kappa shape index (κ2) is 5.70. The number of guanidine groups is 1. The number of likely N-dealkylation sites (tertiary alicyclic amines) is 1. The van der Waals surface area contributed by atoms with E-state index in [4.69, 9.17) is 0 Å². The fourth-order valence-corrected chi connectivity index (χ4v) is 2.30. The number of hydrogen-bond donors (Lipinski definition) is 1. The van der Waals surface area contributed by atoms with Crippen LogP contribution in [0.3, 0.4) is 0 Å². The Balaban J connectivity index is 2.49. The zero-order valence-electron chi connectivity index (χ0n) is 14.0. The van der Waals surface area contributed by atoms with Gasteiger partial charge in [0.15, 0.2) is 5.96 Å². The quantitative estimate of drug-likeness (QED) is 0.625. The van der Waals surface area contributed by atoms with Crippen LogP contribution in [-0.2, 0) is 0 Å². The molecular weight excluding hydrogens is 236 g/mol. The van der Waals surface area contributed by atoms with Crippen LogP contribution < -0.4 is 5.32 Å². The lowest BCUT2D eigenvalue weighted by Crippen LogP contribution is -2.72. The highest BCUT2D eigenvalue weighted by atomic mass is 15.4. The molecule has 0 bridgehead atoms. The molecule has 0 atom stereocenters. The molecule has 0 aromatic carbocycles. The van der Waals surface area contributed by atoms with E-state index in [0.29, 0.717) is 11.5 Å². The molecule has 1 aliphatic heterocycles. The van der Waals surface area contributed by atoms with Gasteiger partial charge in [-0.15, -0.1) is 0 Å². The van der Waals surface area contributed by atoms with Crippen LogP contribution in [0.2, 0.25) is 0 Å². The van der Waals surface area contributed by atoms with Gasteiger partial charge in [0.05, 0.1) is 0 Å². The second-order valence-electron chi connectivity index (χ2n) is 7.08. The highest BCUT2D eigenvalue weighted by Gasteiger charge is 2.53. The maximum atomic E-state index is 4.43. The van der Waals surface area contributed by atoms with Gasteiger partial charge in [0.1, 0.15) is 0 Å². The number of hydrogen-bond acceptors (Lipinski definition) is 2. The minimum atomic E-state index is 0.165. The van der Waals surface area contributed by atoms with E-state index in [1.807, 2.05) is 7.05 Å². The lowest BCUT2D eigenvalue weighted by Gasteiger charge is -2.62. The van der Waals surface area contributed by atoms with Gasteiger partial charge in [-0.25, -0.2) is 0 Å². The predicted molar refractivity (Wildman–Crippen MR) is 83.7 cm³/mol. The number of nitrogens with zero attached hydrogens (tertiary/aromatic N) is 3. The van der Waals surface area contributed by atoms with E-state index in [9.17, 15) is 0 Å². The summed E-state index contributed by atoms with van der Waals surface area (Å²) in [4.78, 5) is 9.14. The minimum absolute atomic E-state index is 0.165. The minimum Gasteiger partial charge on any atom is -0.355 e. The highest BCUT2D eigenvalue weighted by molar-refractivity contribution is 5.82. The first-order valence-electron chi connectivity index (χ1n) is 7.32. The third-order valence-electron chi connectivity index (χ3n) is 4.98. The van der Waals surface area contributed by atoms with Crippen LogP contribution in [0.4, 0.5) is 0 Å². The van der Waals surface area contributed by atoms with Crippen molar-refractivity contribution in [2.75, 3.05) is 33.7 Å². The lowest BCUT2D eigenvalue weighted by molar-refractivity contribution is -0.0667. The lowest BCUT2D eigenvalue weighted by atomic mass is 9.65. The summed E-state index contributed by atoms with van der Waals surface area (Å²) in [5.41, 5.74) is 0.512. The molecule has 1 rings (SSSR count). The molecular formula is C15H32N4. The first kappa shape index (κ1) is 16.3. The molecule has 0 radical (unpaired) electrons. The van der Waals surface area contributed by atoms with Gasteiger partial charge in [-0.1, -0.05) is 13.8 Å². The van der Waals surface area contributed by atoms with E-state index >= 15 is 0 Å². The van der Waals surface area contributed by atoms with E-state index in [1.165, 1.54) is 0 Å². The van der Waals surface area contributed by atoms with Crippen molar-refractivity contribution in [2.45, 2.75) is 53.1 Å². The fraction of sp³-hybridized carbons (Fsp3) is 0.933. The smallest absolute Gasteiger partial charge is 0.194 e. The van der Waals surface area contributed by atoms with Gasteiger partial charge < -0.3 is 15.1 Å². The first-order chi connectivity index (χ1) is 8.63. The van der Waals surface area contributed by atoms with Crippen molar-refractivity contribution in [1.82, 2.24) is 15.1 Å². The standard InChI is InChI=1S/C15H32N4/c1-12(2)18(8)10-9-17-13(16-7)19-11-14(3,4)15(19,5)6/h12H,9-11H2,1-8H3,(H,16,17). The Kier molecular flexibility index (Phi) is 4.88. The van der Waals surface area contributed by atoms with E-state index in [2.05, 4.69) is 68.7 Å². The van der Waals surface area contributed by atoms with Gasteiger partial charge in [0.25, 0.3) is 0 Å². The maximum absolute atomic E-state index is 4.43. The molecule has 0 aliphatic carbocycles. The van der Waals surface area contributed by atoms with Crippen LogP contribution in [0, 0.1) is 5.41 Å². The van der Waals surface area contributed by atoms with Gasteiger partial charge in [-0.3, -0.25) is 4.99 Å². The molecule has 4 nitrogen and oxygen atoms in total. The molecule has 1 heterocycles. The third kappa shape index (κ3) is 3.22. The van der Waals surface area contributed by atoms with Gasteiger partial charge in [-0.05, 0) is 34.7 Å². The monoisotopic (exact) mass is 268 g/mol. The average Bonchev–Trinajstić information content (AvgIpc) is 2.32. The molecule has 0 amide bonds. The predicted octanol–water partition coefficient (Wildman–Crippen LogP) is 2.02. The summed E-state index contributed by atoms with van der Waals surface area (Å²) in [5, 5.41) is 3.48. The van der Waals surface area contributed by atoms with E-state index in [-0.39, 0.29) is 5.54 Å². The van der Waals surface area contributed by atoms with Crippen LogP contribution in [-0.4, -0.2) is 61.1 Å². The van der Waals surface area contributed by atoms with Crippen molar-refractivity contribution in [1.29, 1.82) is 0 Å². The molecule has 0 aromatic heterocycles. The Hall–Kier alpha value is -0.770. The number of aliphatic imine (C=N–C) groups is 1. The van der Waals surface area contributed by atoms with Gasteiger partial charge in [0, 0.05) is 43.7 Å². The van der Waals surface area contributed by atoms with E-state index < -0.39 is 0 Å². The Bertz CT molecular complexity index is 331. The second-order valence-corrected chi connectivity index (χ2v) is 7.08. The largest absolute Gasteiger partial charge is 0.355 e. The van der Waals surface area contributed by atoms with Crippen molar-refractivity contribution in [3.05, 3.63) is 0 Å². The van der Waals surface area contributed by atoms with Crippen LogP contribution in [0.25, 0.3) is 0 Å². The molecule has 4 heteroatoms. The average molecular weight is 268 g/mol. The first-order valence-corrected chi connectivity index (χ1v) is 7.32. The molecule has 112 valence electrons. The molecule has 0 unspecified atom stereocenters. The fourth-order valence-electron chi connectivity index (χ4n) is 2.30. The van der Waals surface area contributed by atoms with E-state index in [1.54, 1.807) is 0 Å². The van der Waals surface area contributed by atoms with Crippen LogP contribution in [0.15, 0.2) is 4.99 Å². The number of likely N-dealkylation sites (N-methyl/N-ethyl adjacent to an activating group) is 1. The number of rotatable bonds is 4. The molecule has 19 heavy (non-hydrogen) atoms. The van der Waals surface area contributed by atoms with Crippen LogP contribution in [0.1, 0.15) is 41.5 Å². The van der Waals surface area contributed by atoms with Crippen LogP contribution in [0.5, 0.6) is 0 Å². The van der Waals surface area contributed by atoms with Crippen molar-refractivity contribution < 1.29 is 0 Å². The van der Waals surface area contributed by atoms with Crippen LogP contribution >= 0.6 is 0 Å². The molecule has 0 spiro atoms. The Morgan fingerprint density at radius 1 is 1.32 bits per heavy atom. The zero-order valence-corrected chi connectivity index (χ0v) is 14.0. The SMILES string of the molecule is CN=C(NCCN(C)C(C)C)N1CC(C)(C)C1(C)C. The zero-order chi connectivity index (χ0) is 14.8. The molecule has 1 N–H and O–H groups in total. The Morgan fingerprint density at radius 2 is 1.89 bits per heavy atom. The Morgan fingerprint density at radius 3 is 2.26 bits per heavy atom. The maximum Gasteiger partial charge on any atom is 0.194 e. The molecule has 1 fully saturated rings. The summed E-state index contributed by atoms with van der Waals surface area (Å²) in [5.74, 6) is 1.03. The van der Waals surface area contributed by atoms with Crippen molar-refractivity contribution in [2.24, 2.45) is 10.4 Å². The summed E-state index contributed by atoms with van der Waals surface area (Å²) < 4.78 is 0. The summed E-state index contributed by atoms with van der Waals surface area (Å²) in [6.45, 7) is 16.7.